The van der Waals surface area contributed by atoms with Gasteiger partial charge in [-0.3, -0.25) is 0 Å². The van der Waals surface area contributed by atoms with E-state index in [9.17, 15) is 4.79 Å². The topological polar surface area (TPSA) is 68.7 Å². The van der Waals surface area contributed by atoms with Crippen molar-refractivity contribution in [1.29, 1.82) is 0 Å². The third-order valence-corrected chi connectivity index (χ3v) is 2.55. The van der Waals surface area contributed by atoms with E-state index < -0.39 is 5.97 Å². The molecule has 0 unspecified atom stereocenters. The summed E-state index contributed by atoms with van der Waals surface area (Å²) in [6.45, 7) is 2.76. The number of hydrogen-bond acceptors (Lipinski definition) is 4. The molecule has 0 radical (unpaired) electrons. The molecule has 5 heteroatoms. The molecule has 1 heterocycles. The van der Waals surface area contributed by atoms with Gasteiger partial charge >= 0.3 is 5.97 Å². The van der Waals surface area contributed by atoms with Gasteiger partial charge in [0.15, 0.2) is 0 Å². The smallest absolute Gasteiger partial charge is 0.354 e. The second-order valence-electron chi connectivity index (χ2n) is 4.01. The minimum Gasteiger partial charge on any atom is -0.494 e. The Balaban J connectivity index is 1.97. The Labute approximate surface area is 116 Å². The minimum absolute atomic E-state index is 0.0118. The van der Waals surface area contributed by atoms with E-state index in [4.69, 9.17) is 14.6 Å². The van der Waals surface area contributed by atoms with Crippen LogP contribution in [0.15, 0.2) is 42.5 Å². The zero-order chi connectivity index (χ0) is 14.4. The first-order valence-corrected chi connectivity index (χ1v) is 6.24. The SMILES string of the molecule is CCOc1ccc(OCc2cccc(C(=O)O)n2)cc1. The highest BCUT2D eigenvalue weighted by atomic mass is 16.5. The van der Waals surface area contributed by atoms with Crippen molar-refractivity contribution in [2.24, 2.45) is 0 Å². The van der Waals surface area contributed by atoms with E-state index in [1.54, 1.807) is 24.3 Å². The van der Waals surface area contributed by atoms with E-state index >= 15 is 0 Å². The first kappa shape index (κ1) is 13.9. The third-order valence-electron chi connectivity index (χ3n) is 2.55. The van der Waals surface area contributed by atoms with Crippen LogP contribution < -0.4 is 9.47 Å². The van der Waals surface area contributed by atoms with E-state index in [0.29, 0.717) is 18.1 Å². The number of benzene rings is 1. The van der Waals surface area contributed by atoms with Crippen LogP contribution in [0.3, 0.4) is 0 Å². The van der Waals surface area contributed by atoms with Gasteiger partial charge in [0.1, 0.15) is 23.8 Å². The number of carbonyl (C=O) groups is 1. The van der Waals surface area contributed by atoms with Crippen molar-refractivity contribution in [2.75, 3.05) is 6.61 Å². The summed E-state index contributed by atoms with van der Waals surface area (Å²) in [5, 5.41) is 8.86. The van der Waals surface area contributed by atoms with Gasteiger partial charge in [0, 0.05) is 0 Å². The molecular formula is C15H15NO4. The summed E-state index contributed by atoms with van der Waals surface area (Å²) in [5.41, 5.74) is 0.580. The fourth-order valence-electron chi connectivity index (χ4n) is 1.64. The Bertz CT molecular complexity index is 581. The van der Waals surface area contributed by atoms with E-state index in [1.807, 2.05) is 19.1 Å². The van der Waals surface area contributed by atoms with Crippen molar-refractivity contribution in [3.63, 3.8) is 0 Å². The second kappa shape index (κ2) is 6.56. The fourth-order valence-corrected chi connectivity index (χ4v) is 1.64. The number of nitrogens with zero attached hydrogens (tertiary/aromatic N) is 1. The minimum atomic E-state index is -1.05. The molecule has 1 aromatic heterocycles. The molecular weight excluding hydrogens is 258 g/mol. The normalized spacial score (nSPS) is 10.1. The number of carboxylic acids is 1. The van der Waals surface area contributed by atoms with E-state index in [1.165, 1.54) is 6.07 Å². The van der Waals surface area contributed by atoms with Gasteiger partial charge in [-0.05, 0) is 43.3 Å². The highest BCUT2D eigenvalue weighted by molar-refractivity contribution is 5.85. The maximum Gasteiger partial charge on any atom is 0.354 e. The van der Waals surface area contributed by atoms with E-state index in [0.717, 1.165) is 5.75 Å². The van der Waals surface area contributed by atoms with Crippen LogP contribution in [-0.2, 0) is 6.61 Å². The third kappa shape index (κ3) is 3.71. The molecule has 1 N–H and O–H groups in total. The Morgan fingerprint density at radius 2 is 1.75 bits per heavy atom. The van der Waals surface area contributed by atoms with Crippen molar-refractivity contribution >= 4 is 5.97 Å². The number of hydrogen-bond donors (Lipinski definition) is 1. The Morgan fingerprint density at radius 1 is 1.10 bits per heavy atom. The molecule has 0 saturated carbocycles. The molecule has 2 rings (SSSR count). The average molecular weight is 273 g/mol. The van der Waals surface area contributed by atoms with Gasteiger partial charge in [0.25, 0.3) is 0 Å². The predicted molar refractivity (Wildman–Crippen MR) is 73.1 cm³/mol. The van der Waals surface area contributed by atoms with Crippen LogP contribution in [0.5, 0.6) is 11.5 Å². The number of carboxylic acid groups (broad SMARTS) is 1. The van der Waals surface area contributed by atoms with Crippen LogP contribution in [-0.4, -0.2) is 22.7 Å². The van der Waals surface area contributed by atoms with Crippen LogP contribution in [0.4, 0.5) is 0 Å². The number of pyridine rings is 1. The van der Waals surface area contributed by atoms with Crippen molar-refractivity contribution < 1.29 is 19.4 Å². The summed E-state index contributed by atoms with van der Waals surface area (Å²) in [6.07, 6.45) is 0. The molecule has 5 nitrogen and oxygen atoms in total. The summed E-state index contributed by atoms with van der Waals surface area (Å²) in [4.78, 5) is 14.8. The van der Waals surface area contributed by atoms with Crippen molar-refractivity contribution in [3.05, 3.63) is 53.9 Å². The molecule has 1 aromatic carbocycles. The molecule has 0 atom stereocenters. The molecule has 0 bridgehead atoms. The summed E-state index contributed by atoms with van der Waals surface area (Å²) in [7, 11) is 0. The monoisotopic (exact) mass is 273 g/mol. The molecule has 0 aliphatic rings. The lowest BCUT2D eigenvalue weighted by Crippen LogP contribution is -2.04. The predicted octanol–water partition coefficient (Wildman–Crippen LogP) is 2.76. The summed E-state index contributed by atoms with van der Waals surface area (Å²) in [6, 6.07) is 12.1. The fraction of sp³-hybridized carbons (Fsp3) is 0.200. The zero-order valence-corrected chi connectivity index (χ0v) is 11.1. The number of aromatic carboxylic acids is 1. The number of rotatable bonds is 6. The van der Waals surface area contributed by atoms with Gasteiger partial charge in [0.05, 0.1) is 12.3 Å². The summed E-state index contributed by atoms with van der Waals surface area (Å²) >= 11 is 0. The van der Waals surface area contributed by atoms with E-state index in [2.05, 4.69) is 4.98 Å². The van der Waals surface area contributed by atoms with Gasteiger partial charge in [-0.25, -0.2) is 9.78 Å². The zero-order valence-electron chi connectivity index (χ0n) is 11.1. The lowest BCUT2D eigenvalue weighted by molar-refractivity contribution is 0.0690. The maximum atomic E-state index is 10.8. The van der Waals surface area contributed by atoms with Gasteiger partial charge < -0.3 is 14.6 Å². The first-order chi connectivity index (χ1) is 9.69. The van der Waals surface area contributed by atoms with Gasteiger partial charge in [-0.1, -0.05) is 6.07 Å². The molecule has 0 fully saturated rings. The van der Waals surface area contributed by atoms with Gasteiger partial charge in [-0.2, -0.15) is 0 Å². The average Bonchev–Trinajstić information content (AvgIpc) is 2.47. The lowest BCUT2D eigenvalue weighted by atomic mass is 10.3. The van der Waals surface area contributed by atoms with Crippen LogP contribution in [0, 0.1) is 0 Å². The molecule has 20 heavy (non-hydrogen) atoms. The summed E-state index contributed by atoms with van der Waals surface area (Å²) in [5.74, 6) is 0.412. The number of aromatic nitrogens is 1. The maximum absolute atomic E-state index is 10.8. The van der Waals surface area contributed by atoms with Crippen molar-refractivity contribution in [1.82, 2.24) is 4.98 Å². The Morgan fingerprint density at radius 3 is 2.35 bits per heavy atom. The van der Waals surface area contributed by atoms with Crippen LogP contribution in [0.25, 0.3) is 0 Å². The van der Waals surface area contributed by atoms with E-state index in [-0.39, 0.29) is 12.3 Å². The lowest BCUT2D eigenvalue weighted by Gasteiger charge is -2.07. The Hall–Kier alpha value is -2.56. The quantitative estimate of drug-likeness (QED) is 0.876. The van der Waals surface area contributed by atoms with Crippen molar-refractivity contribution in [2.45, 2.75) is 13.5 Å². The van der Waals surface area contributed by atoms with Gasteiger partial charge in [0.2, 0.25) is 0 Å². The van der Waals surface area contributed by atoms with Gasteiger partial charge in [-0.15, -0.1) is 0 Å². The highest BCUT2D eigenvalue weighted by Crippen LogP contribution is 2.18. The molecule has 0 amide bonds. The van der Waals surface area contributed by atoms with Crippen LogP contribution in [0.2, 0.25) is 0 Å². The highest BCUT2D eigenvalue weighted by Gasteiger charge is 2.05. The molecule has 0 aliphatic heterocycles. The molecule has 0 saturated heterocycles. The summed E-state index contributed by atoms with van der Waals surface area (Å²) < 4.78 is 10.9. The molecule has 104 valence electrons. The molecule has 0 aliphatic carbocycles. The molecule has 2 aromatic rings. The standard InChI is InChI=1S/C15H15NO4/c1-2-19-12-6-8-13(9-7-12)20-10-11-4-3-5-14(16-11)15(17)18/h3-9H,2,10H2,1H3,(H,17,18). The largest absolute Gasteiger partial charge is 0.494 e. The second-order valence-corrected chi connectivity index (χ2v) is 4.01. The van der Waals surface area contributed by atoms with Crippen LogP contribution in [0.1, 0.15) is 23.1 Å². The Kier molecular flexibility index (Phi) is 4.55. The number of ether oxygens (including phenoxy) is 2. The van der Waals surface area contributed by atoms with Crippen LogP contribution >= 0.6 is 0 Å². The first-order valence-electron chi connectivity index (χ1n) is 6.24. The van der Waals surface area contributed by atoms with Crippen molar-refractivity contribution in [3.8, 4) is 11.5 Å². The molecule has 0 spiro atoms.